The lowest BCUT2D eigenvalue weighted by molar-refractivity contribution is -0.384. The van der Waals surface area contributed by atoms with E-state index >= 15 is 0 Å². The van der Waals surface area contributed by atoms with Crippen LogP contribution in [0.5, 0.6) is 5.75 Å². The molecule has 18 heavy (non-hydrogen) atoms. The Labute approximate surface area is 105 Å². The molecule has 1 aromatic carbocycles. The van der Waals surface area contributed by atoms with E-state index in [1.807, 2.05) is 0 Å². The van der Waals surface area contributed by atoms with E-state index in [2.05, 4.69) is 0 Å². The Morgan fingerprint density at radius 3 is 2.89 bits per heavy atom. The predicted octanol–water partition coefficient (Wildman–Crippen LogP) is 2.13. The fraction of sp³-hybridized carbons (Fsp3) is 0.500. The first-order valence-corrected chi connectivity index (χ1v) is 5.86. The number of rotatable bonds is 5. The van der Waals surface area contributed by atoms with Gasteiger partial charge in [-0.1, -0.05) is 6.07 Å². The molecule has 1 aliphatic rings. The Morgan fingerprint density at radius 2 is 2.17 bits per heavy atom. The third kappa shape index (κ3) is 3.68. The van der Waals surface area contributed by atoms with Crippen molar-refractivity contribution in [2.24, 2.45) is 0 Å². The van der Waals surface area contributed by atoms with E-state index in [4.69, 9.17) is 14.2 Å². The number of hydrogen-bond acceptors (Lipinski definition) is 5. The third-order valence-corrected chi connectivity index (χ3v) is 2.55. The molecule has 0 radical (unpaired) electrons. The second-order valence-electron chi connectivity index (χ2n) is 3.92. The van der Waals surface area contributed by atoms with Gasteiger partial charge in [-0.25, -0.2) is 0 Å². The van der Waals surface area contributed by atoms with Crippen molar-refractivity contribution in [3.05, 3.63) is 34.4 Å². The van der Waals surface area contributed by atoms with Gasteiger partial charge in [0.1, 0.15) is 5.75 Å². The molecular formula is C12H15NO5. The van der Waals surface area contributed by atoms with E-state index < -0.39 is 4.92 Å². The van der Waals surface area contributed by atoms with Crippen molar-refractivity contribution in [2.75, 3.05) is 19.8 Å². The summed E-state index contributed by atoms with van der Waals surface area (Å²) in [5, 5.41) is 10.6. The first-order valence-electron chi connectivity index (χ1n) is 5.86. The van der Waals surface area contributed by atoms with Crippen LogP contribution < -0.4 is 4.74 Å². The highest BCUT2D eigenvalue weighted by Gasteiger charge is 2.14. The van der Waals surface area contributed by atoms with E-state index in [1.165, 1.54) is 12.1 Å². The van der Waals surface area contributed by atoms with Crippen molar-refractivity contribution < 1.29 is 19.1 Å². The second-order valence-corrected chi connectivity index (χ2v) is 3.92. The fourth-order valence-corrected chi connectivity index (χ4v) is 1.66. The molecule has 1 aromatic rings. The van der Waals surface area contributed by atoms with Crippen molar-refractivity contribution in [1.82, 2.24) is 0 Å². The molecule has 0 saturated carbocycles. The lowest BCUT2D eigenvalue weighted by Crippen LogP contribution is -2.26. The highest BCUT2D eigenvalue weighted by Crippen LogP contribution is 2.19. The Hall–Kier alpha value is -1.66. The van der Waals surface area contributed by atoms with Gasteiger partial charge in [0.15, 0.2) is 6.29 Å². The van der Waals surface area contributed by atoms with Gasteiger partial charge in [0.2, 0.25) is 0 Å². The number of non-ortho nitro benzene ring substituents is 1. The van der Waals surface area contributed by atoms with Crippen molar-refractivity contribution in [2.45, 2.75) is 19.1 Å². The molecule has 1 saturated heterocycles. The normalized spacial score (nSPS) is 16.4. The molecule has 2 rings (SSSR count). The molecule has 0 aliphatic carbocycles. The van der Waals surface area contributed by atoms with Crippen LogP contribution >= 0.6 is 0 Å². The molecule has 1 aliphatic heterocycles. The maximum absolute atomic E-state index is 10.6. The van der Waals surface area contributed by atoms with Crippen LogP contribution in [-0.2, 0) is 9.47 Å². The van der Waals surface area contributed by atoms with Gasteiger partial charge in [-0.15, -0.1) is 0 Å². The van der Waals surface area contributed by atoms with Gasteiger partial charge in [-0.2, -0.15) is 0 Å². The summed E-state index contributed by atoms with van der Waals surface area (Å²) >= 11 is 0. The topological polar surface area (TPSA) is 70.8 Å². The molecule has 1 heterocycles. The number of nitro benzene ring substituents is 1. The smallest absolute Gasteiger partial charge is 0.273 e. The Morgan fingerprint density at radius 1 is 1.39 bits per heavy atom. The molecule has 6 nitrogen and oxygen atoms in total. The summed E-state index contributed by atoms with van der Waals surface area (Å²) < 4.78 is 16.2. The highest BCUT2D eigenvalue weighted by atomic mass is 16.7. The van der Waals surface area contributed by atoms with Gasteiger partial charge >= 0.3 is 0 Å². The minimum atomic E-state index is -0.444. The zero-order valence-electron chi connectivity index (χ0n) is 9.91. The molecule has 1 fully saturated rings. The van der Waals surface area contributed by atoms with Crippen LogP contribution in [0.3, 0.4) is 0 Å². The van der Waals surface area contributed by atoms with Gasteiger partial charge in [-0.05, 0) is 12.5 Å². The number of benzene rings is 1. The number of hydrogen-bond donors (Lipinski definition) is 0. The van der Waals surface area contributed by atoms with E-state index in [1.54, 1.807) is 12.1 Å². The lowest BCUT2D eigenvalue weighted by atomic mass is 10.3. The summed E-state index contributed by atoms with van der Waals surface area (Å²) in [5.74, 6) is 0.486. The van der Waals surface area contributed by atoms with Crippen molar-refractivity contribution >= 4 is 5.69 Å². The summed E-state index contributed by atoms with van der Waals surface area (Å²) in [6.07, 6.45) is 1.31. The molecule has 0 atom stereocenters. The Bertz CT molecular complexity index is 403. The van der Waals surface area contributed by atoms with Crippen LogP contribution in [-0.4, -0.2) is 31.0 Å². The van der Waals surface area contributed by atoms with Crippen molar-refractivity contribution in [1.29, 1.82) is 0 Å². The zero-order valence-corrected chi connectivity index (χ0v) is 9.91. The average Bonchev–Trinajstić information content (AvgIpc) is 2.40. The minimum Gasteiger partial charge on any atom is -0.493 e. The van der Waals surface area contributed by atoms with E-state index in [0.29, 0.717) is 32.0 Å². The van der Waals surface area contributed by atoms with Crippen molar-refractivity contribution in [3.63, 3.8) is 0 Å². The molecule has 6 heteroatoms. The molecule has 0 bridgehead atoms. The van der Waals surface area contributed by atoms with Crippen LogP contribution in [0, 0.1) is 10.1 Å². The van der Waals surface area contributed by atoms with E-state index in [-0.39, 0.29) is 12.0 Å². The SMILES string of the molecule is O=[N+]([O-])c1cccc(OCCC2OCCCO2)c1. The van der Waals surface area contributed by atoms with Gasteiger partial charge < -0.3 is 14.2 Å². The Kier molecular flexibility index (Phi) is 4.49. The predicted molar refractivity (Wildman–Crippen MR) is 63.5 cm³/mol. The van der Waals surface area contributed by atoms with E-state index in [9.17, 15) is 10.1 Å². The fourth-order valence-electron chi connectivity index (χ4n) is 1.66. The lowest BCUT2D eigenvalue weighted by Gasteiger charge is -2.22. The van der Waals surface area contributed by atoms with Gasteiger partial charge in [-0.3, -0.25) is 10.1 Å². The first kappa shape index (κ1) is 12.8. The van der Waals surface area contributed by atoms with Crippen LogP contribution in [0.15, 0.2) is 24.3 Å². The quantitative estimate of drug-likeness (QED) is 0.593. The summed E-state index contributed by atoms with van der Waals surface area (Å²) in [6.45, 7) is 1.83. The first-order chi connectivity index (χ1) is 8.75. The highest BCUT2D eigenvalue weighted by molar-refractivity contribution is 5.37. The molecule has 0 spiro atoms. The van der Waals surface area contributed by atoms with Crippen LogP contribution in [0.1, 0.15) is 12.8 Å². The zero-order chi connectivity index (χ0) is 12.8. The molecular weight excluding hydrogens is 238 g/mol. The molecule has 0 amide bonds. The maximum atomic E-state index is 10.6. The summed E-state index contributed by atoms with van der Waals surface area (Å²) in [5.41, 5.74) is 0.0256. The van der Waals surface area contributed by atoms with Crippen LogP contribution in [0.25, 0.3) is 0 Å². The Balaban J connectivity index is 1.78. The monoisotopic (exact) mass is 253 g/mol. The van der Waals surface area contributed by atoms with Gasteiger partial charge in [0.05, 0.1) is 30.8 Å². The standard InChI is InChI=1S/C12H15NO5/c14-13(15)10-3-1-4-11(9-10)16-8-5-12-17-6-2-7-18-12/h1,3-4,9,12H,2,5-8H2. The summed E-state index contributed by atoms with van der Waals surface area (Å²) in [7, 11) is 0. The van der Waals surface area contributed by atoms with Crippen molar-refractivity contribution in [3.8, 4) is 5.75 Å². The molecule has 0 aromatic heterocycles. The van der Waals surface area contributed by atoms with Crippen LogP contribution in [0.4, 0.5) is 5.69 Å². The molecule has 0 N–H and O–H groups in total. The molecule has 0 unspecified atom stereocenters. The molecule has 98 valence electrons. The van der Waals surface area contributed by atoms with Gasteiger partial charge in [0.25, 0.3) is 5.69 Å². The number of nitrogens with zero attached hydrogens (tertiary/aromatic N) is 1. The second kappa shape index (κ2) is 6.32. The van der Waals surface area contributed by atoms with Crippen LogP contribution in [0.2, 0.25) is 0 Å². The number of ether oxygens (including phenoxy) is 3. The average molecular weight is 253 g/mol. The summed E-state index contributed by atoms with van der Waals surface area (Å²) in [4.78, 5) is 10.1. The largest absolute Gasteiger partial charge is 0.493 e. The minimum absolute atomic E-state index is 0.0256. The third-order valence-electron chi connectivity index (χ3n) is 2.55. The van der Waals surface area contributed by atoms with E-state index in [0.717, 1.165) is 6.42 Å². The summed E-state index contributed by atoms with van der Waals surface area (Å²) in [6, 6.07) is 6.12. The maximum Gasteiger partial charge on any atom is 0.273 e. The van der Waals surface area contributed by atoms with Gasteiger partial charge in [0, 0.05) is 12.5 Å². The number of nitro groups is 1.